The first kappa shape index (κ1) is 15.9. The van der Waals surface area contributed by atoms with Gasteiger partial charge in [0.05, 0.1) is 19.8 Å². The van der Waals surface area contributed by atoms with Gasteiger partial charge in [-0.2, -0.15) is 0 Å². The number of amides is 1. The molecule has 0 saturated carbocycles. The van der Waals surface area contributed by atoms with Gasteiger partial charge in [-0.1, -0.05) is 18.2 Å². The number of nitrogens with zero attached hydrogens (tertiary/aromatic N) is 2. The largest absolute Gasteiger partial charge is 0.392 e. The van der Waals surface area contributed by atoms with E-state index in [0.29, 0.717) is 11.1 Å². The summed E-state index contributed by atoms with van der Waals surface area (Å²) >= 11 is 0. The number of benzene rings is 1. The van der Waals surface area contributed by atoms with E-state index < -0.39 is 0 Å². The topological polar surface area (TPSA) is 53.0 Å². The highest BCUT2D eigenvalue weighted by molar-refractivity contribution is 5.95. The molecule has 2 rings (SSSR count). The van der Waals surface area contributed by atoms with E-state index >= 15 is 0 Å². The first-order valence-electron chi connectivity index (χ1n) is 7.46. The molecule has 0 unspecified atom stereocenters. The molecule has 1 heterocycles. The molecule has 1 saturated heterocycles. The molecule has 1 aromatic rings. The fraction of sp³-hybridized carbons (Fsp3) is 0.562. The van der Waals surface area contributed by atoms with Gasteiger partial charge in [0.15, 0.2) is 0 Å². The van der Waals surface area contributed by atoms with Crippen LogP contribution in [-0.4, -0.2) is 67.3 Å². The lowest BCUT2D eigenvalue weighted by atomic mass is 10.1. The zero-order chi connectivity index (χ0) is 15.1. The summed E-state index contributed by atoms with van der Waals surface area (Å²) < 4.78 is 5.32. The van der Waals surface area contributed by atoms with E-state index in [2.05, 4.69) is 4.90 Å². The number of aliphatic hydroxyl groups excluding tert-OH is 1. The molecule has 0 spiro atoms. The average molecular weight is 292 g/mol. The number of morpholine rings is 1. The van der Waals surface area contributed by atoms with E-state index in [4.69, 9.17) is 4.74 Å². The number of hydrogen-bond donors (Lipinski definition) is 1. The molecule has 1 aliphatic heterocycles. The second kappa shape index (κ2) is 8.12. The van der Waals surface area contributed by atoms with Crippen molar-refractivity contribution in [1.82, 2.24) is 9.80 Å². The Hall–Kier alpha value is -1.43. The second-order valence-corrected chi connectivity index (χ2v) is 5.35. The van der Waals surface area contributed by atoms with Crippen LogP contribution in [0.15, 0.2) is 24.3 Å². The summed E-state index contributed by atoms with van der Waals surface area (Å²) in [6.07, 6.45) is 0.948. The van der Waals surface area contributed by atoms with Crippen LogP contribution >= 0.6 is 0 Å². The van der Waals surface area contributed by atoms with Crippen LogP contribution in [0.25, 0.3) is 0 Å². The first-order valence-corrected chi connectivity index (χ1v) is 7.46. The number of hydrogen-bond acceptors (Lipinski definition) is 4. The third-order valence-electron chi connectivity index (χ3n) is 3.84. The molecular formula is C16H24N2O3. The predicted molar refractivity (Wildman–Crippen MR) is 81.2 cm³/mol. The fourth-order valence-corrected chi connectivity index (χ4v) is 2.53. The molecule has 0 aromatic heterocycles. The second-order valence-electron chi connectivity index (χ2n) is 5.35. The Morgan fingerprint density at radius 3 is 2.76 bits per heavy atom. The number of carbonyl (C=O) groups excluding carboxylic acids is 1. The van der Waals surface area contributed by atoms with Gasteiger partial charge in [-0.25, -0.2) is 0 Å². The SMILES string of the molecule is CN(CCCN1CCOCC1)C(=O)c1ccccc1CO. The van der Waals surface area contributed by atoms with Crippen LogP contribution in [0.3, 0.4) is 0 Å². The van der Waals surface area contributed by atoms with E-state index in [9.17, 15) is 9.90 Å². The summed E-state index contributed by atoms with van der Waals surface area (Å²) in [5.41, 5.74) is 1.27. The van der Waals surface area contributed by atoms with Gasteiger partial charge in [0, 0.05) is 38.8 Å². The zero-order valence-electron chi connectivity index (χ0n) is 12.6. The quantitative estimate of drug-likeness (QED) is 0.849. The molecule has 0 radical (unpaired) electrons. The summed E-state index contributed by atoms with van der Waals surface area (Å²) in [4.78, 5) is 16.5. The van der Waals surface area contributed by atoms with Crippen LogP contribution in [-0.2, 0) is 11.3 Å². The maximum atomic E-state index is 12.4. The molecule has 5 nitrogen and oxygen atoms in total. The van der Waals surface area contributed by atoms with Gasteiger partial charge in [0.2, 0.25) is 0 Å². The average Bonchev–Trinajstić information content (AvgIpc) is 2.55. The Bertz CT molecular complexity index is 459. The number of rotatable bonds is 6. The van der Waals surface area contributed by atoms with Crippen molar-refractivity contribution >= 4 is 5.91 Å². The molecule has 0 aliphatic carbocycles. The first-order chi connectivity index (χ1) is 10.2. The van der Waals surface area contributed by atoms with Gasteiger partial charge in [0.25, 0.3) is 5.91 Å². The summed E-state index contributed by atoms with van der Waals surface area (Å²) in [5, 5.41) is 9.31. The standard InChI is InChI=1S/C16H24N2O3/c1-17(7-4-8-18-9-11-21-12-10-18)16(20)15-6-3-2-5-14(15)13-19/h2-3,5-6,19H,4,7-13H2,1H3. The van der Waals surface area contributed by atoms with Gasteiger partial charge in [-0.05, 0) is 18.1 Å². The van der Waals surface area contributed by atoms with E-state index in [1.807, 2.05) is 19.2 Å². The minimum Gasteiger partial charge on any atom is -0.392 e. The summed E-state index contributed by atoms with van der Waals surface area (Å²) in [6, 6.07) is 7.22. The molecule has 0 bridgehead atoms. The van der Waals surface area contributed by atoms with Gasteiger partial charge in [-0.3, -0.25) is 9.69 Å². The third-order valence-corrected chi connectivity index (χ3v) is 3.84. The van der Waals surface area contributed by atoms with Gasteiger partial charge in [0.1, 0.15) is 0 Å². The van der Waals surface area contributed by atoms with Crippen molar-refractivity contribution in [3.05, 3.63) is 35.4 Å². The summed E-state index contributed by atoms with van der Waals surface area (Å²) in [7, 11) is 1.82. The molecular weight excluding hydrogens is 268 g/mol. The van der Waals surface area contributed by atoms with E-state index in [1.165, 1.54) is 0 Å². The summed E-state index contributed by atoms with van der Waals surface area (Å²) in [6.45, 7) is 5.16. The highest BCUT2D eigenvalue weighted by Crippen LogP contribution is 2.11. The minimum absolute atomic E-state index is 0.0263. The molecule has 1 amide bonds. The van der Waals surface area contributed by atoms with E-state index in [1.54, 1.807) is 17.0 Å². The molecule has 1 aliphatic rings. The van der Waals surface area contributed by atoms with E-state index in [-0.39, 0.29) is 12.5 Å². The Balaban J connectivity index is 1.81. The highest BCUT2D eigenvalue weighted by atomic mass is 16.5. The smallest absolute Gasteiger partial charge is 0.253 e. The maximum Gasteiger partial charge on any atom is 0.253 e. The Morgan fingerprint density at radius 2 is 2.05 bits per heavy atom. The van der Waals surface area contributed by atoms with Crippen molar-refractivity contribution < 1.29 is 14.6 Å². The van der Waals surface area contributed by atoms with Crippen molar-refractivity contribution in [3.63, 3.8) is 0 Å². The van der Waals surface area contributed by atoms with Crippen LogP contribution in [0.5, 0.6) is 0 Å². The molecule has 1 aromatic carbocycles. The minimum atomic E-state index is -0.108. The molecule has 5 heteroatoms. The number of carbonyl (C=O) groups is 1. The van der Waals surface area contributed by atoms with Crippen LogP contribution in [0.1, 0.15) is 22.3 Å². The van der Waals surface area contributed by atoms with Crippen LogP contribution in [0.4, 0.5) is 0 Å². The van der Waals surface area contributed by atoms with Gasteiger partial charge >= 0.3 is 0 Å². The lowest BCUT2D eigenvalue weighted by Crippen LogP contribution is -2.38. The normalized spacial score (nSPS) is 15.9. The molecule has 1 fully saturated rings. The fourth-order valence-electron chi connectivity index (χ4n) is 2.53. The summed E-state index contributed by atoms with van der Waals surface area (Å²) in [5.74, 6) is -0.0263. The number of ether oxygens (including phenoxy) is 1. The van der Waals surface area contributed by atoms with Crippen molar-refractivity contribution in [3.8, 4) is 0 Å². The van der Waals surface area contributed by atoms with Crippen molar-refractivity contribution in [2.75, 3.05) is 46.4 Å². The zero-order valence-corrected chi connectivity index (χ0v) is 12.6. The number of aliphatic hydroxyl groups is 1. The van der Waals surface area contributed by atoms with E-state index in [0.717, 1.165) is 45.8 Å². The highest BCUT2D eigenvalue weighted by Gasteiger charge is 2.15. The lowest BCUT2D eigenvalue weighted by Gasteiger charge is -2.27. The Labute approximate surface area is 126 Å². The van der Waals surface area contributed by atoms with Crippen LogP contribution in [0.2, 0.25) is 0 Å². The molecule has 1 N–H and O–H groups in total. The van der Waals surface area contributed by atoms with Crippen LogP contribution in [0, 0.1) is 0 Å². The predicted octanol–water partition coefficient (Wildman–Crippen LogP) is 0.973. The van der Waals surface area contributed by atoms with Gasteiger partial charge in [-0.15, -0.1) is 0 Å². The maximum absolute atomic E-state index is 12.4. The van der Waals surface area contributed by atoms with Crippen molar-refractivity contribution in [1.29, 1.82) is 0 Å². The molecule has 21 heavy (non-hydrogen) atoms. The Morgan fingerprint density at radius 1 is 1.33 bits per heavy atom. The van der Waals surface area contributed by atoms with Crippen LogP contribution < -0.4 is 0 Å². The van der Waals surface area contributed by atoms with Crippen molar-refractivity contribution in [2.45, 2.75) is 13.0 Å². The van der Waals surface area contributed by atoms with Gasteiger partial charge < -0.3 is 14.7 Å². The van der Waals surface area contributed by atoms with Crippen molar-refractivity contribution in [2.24, 2.45) is 0 Å². The third kappa shape index (κ3) is 4.52. The molecule has 0 atom stereocenters. The lowest BCUT2D eigenvalue weighted by molar-refractivity contribution is 0.0361. The molecule has 116 valence electrons. The Kier molecular flexibility index (Phi) is 6.17. The monoisotopic (exact) mass is 292 g/mol.